The van der Waals surface area contributed by atoms with Crippen LogP contribution in [0.4, 0.5) is 0 Å². The van der Waals surface area contributed by atoms with Crippen molar-refractivity contribution in [2.45, 2.75) is 58.4 Å². The maximum absolute atomic E-state index is 10.4. The molecule has 1 saturated carbocycles. The van der Waals surface area contributed by atoms with Crippen LogP contribution in [0, 0.1) is 20.8 Å². The molecule has 1 aliphatic carbocycles. The zero-order valence-electron chi connectivity index (χ0n) is 11.1. The molecular formula is C15H23NO. The fourth-order valence-corrected chi connectivity index (χ4v) is 3.13. The second-order valence-corrected chi connectivity index (χ2v) is 5.58. The second kappa shape index (κ2) is 4.34. The van der Waals surface area contributed by atoms with E-state index in [1.54, 1.807) is 0 Å². The molecule has 17 heavy (non-hydrogen) atoms. The highest BCUT2D eigenvalue weighted by atomic mass is 16.3. The quantitative estimate of drug-likeness (QED) is 0.780. The van der Waals surface area contributed by atoms with Crippen LogP contribution in [0.3, 0.4) is 0 Å². The third kappa shape index (κ3) is 2.06. The summed E-state index contributed by atoms with van der Waals surface area (Å²) < 4.78 is 0. The molecule has 94 valence electrons. The number of aryl methyl sites for hydroxylation is 2. The van der Waals surface area contributed by atoms with E-state index in [0.29, 0.717) is 5.75 Å². The molecule has 0 amide bonds. The Kier molecular flexibility index (Phi) is 3.17. The van der Waals surface area contributed by atoms with Crippen LogP contribution in [-0.4, -0.2) is 5.11 Å². The number of rotatable bonds is 1. The first kappa shape index (κ1) is 12.4. The normalized spacial score (nSPS) is 19.3. The van der Waals surface area contributed by atoms with Crippen LogP contribution in [0.1, 0.15) is 54.4 Å². The van der Waals surface area contributed by atoms with Crippen LogP contribution >= 0.6 is 0 Å². The van der Waals surface area contributed by atoms with E-state index < -0.39 is 0 Å². The topological polar surface area (TPSA) is 46.2 Å². The Hall–Kier alpha value is -1.02. The van der Waals surface area contributed by atoms with Crippen LogP contribution in [0.15, 0.2) is 6.07 Å². The Balaban J connectivity index is 2.54. The van der Waals surface area contributed by atoms with E-state index in [0.717, 1.165) is 35.1 Å². The summed E-state index contributed by atoms with van der Waals surface area (Å²) in [6, 6.07) is 2.15. The minimum atomic E-state index is -0.315. The van der Waals surface area contributed by atoms with Gasteiger partial charge in [-0.3, -0.25) is 0 Å². The zero-order chi connectivity index (χ0) is 12.6. The highest BCUT2D eigenvalue weighted by Crippen LogP contribution is 2.42. The van der Waals surface area contributed by atoms with Crippen LogP contribution in [0.25, 0.3) is 0 Å². The highest BCUT2D eigenvalue weighted by Gasteiger charge is 2.33. The molecule has 0 heterocycles. The number of nitrogens with two attached hydrogens (primary N) is 1. The molecule has 0 radical (unpaired) electrons. The summed E-state index contributed by atoms with van der Waals surface area (Å²) >= 11 is 0. The van der Waals surface area contributed by atoms with Gasteiger partial charge in [0.1, 0.15) is 5.75 Å². The Morgan fingerprint density at radius 2 is 1.65 bits per heavy atom. The number of benzene rings is 1. The van der Waals surface area contributed by atoms with Crippen molar-refractivity contribution < 1.29 is 5.11 Å². The van der Waals surface area contributed by atoms with Crippen molar-refractivity contribution in [3.8, 4) is 5.75 Å². The van der Waals surface area contributed by atoms with Gasteiger partial charge in [0.25, 0.3) is 0 Å². The molecule has 0 bridgehead atoms. The van der Waals surface area contributed by atoms with E-state index in [-0.39, 0.29) is 5.54 Å². The van der Waals surface area contributed by atoms with Gasteiger partial charge in [-0.2, -0.15) is 0 Å². The summed E-state index contributed by atoms with van der Waals surface area (Å²) in [5.41, 5.74) is 10.5. The molecular weight excluding hydrogens is 210 g/mol. The van der Waals surface area contributed by atoms with Gasteiger partial charge >= 0.3 is 0 Å². The van der Waals surface area contributed by atoms with E-state index >= 15 is 0 Å². The molecule has 1 fully saturated rings. The lowest BCUT2D eigenvalue weighted by atomic mass is 9.74. The lowest BCUT2D eigenvalue weighted by Gasteiger charge is -2.36. The first-order chi connectivity index (χ1) is 7.96. The van der Waals surface area contributed by atoms with Crippen LogP contribution in [0.2, 0.25) is 0 Å². The number of hydrogen-bond donors (Lipinski definition) is 2. The first-order valence-electron chi connectivity index (χ1n) is 6.55. The predicted molar refractivity (Wildman–Crippen MR) is 71.3 cm³/mol. The molecule has 0 spiro atoms. The number of aromatic hydroxyl groups is 1. The minimum Gasteiger partial charge on any atom is -0.507 e. The highest BCUT2D eigenvalue weighted by molar-refractivity contribution is 5.52. The minimum absolute atomic E-state index is 0.315. The lowest BCUT2D eigenvalue weighted by molar-refractivity contribution is 0.290. The monoisotopic (exact) mass is 233 g/mol. The Morgan fingerprint density at radius 3 is 2.24 bits per heavy atom. The van der Waals surface area contributed by atoms with Crippen molar-refractivity contribution in [1.82, 2.24) is 0 Å². The van der Waals surface area contributed by atoms with E-state index in [9.17, 15) is 5.11 Å². The number of phenolic OH excluding ortho intramolecular Hbond substituents is 1. The predicted octanol–water partition coefficient (Wildman–Crippen LogP) is 3.44. The summed E-state index contributed by atoms with van der Waals surface area (Å²) in [5, 5.41) is 10.4. The van der Waals surface area contributed by atoms with Gasteiger partial charge in [0.05, 0.1) is 0 Å². The fraction of sp³-hybridized carbons (Fsp3) is 0.600. The number of hydrogen-bond acceptors (Lipinski definition) is 2. The van der Waals surface area contributed by atoms with Gasteiger partial charge < -0.3 is 10.8 Å². The third-order valence-corrected chi connectivity index (χ3v) is 4.25. The van der Waals surface area contributed by atoms with E-state index in [4.69, 9.17) is 5.73 Å². The van der Waals surface area contributed by atoms with Crippen molar-refractivity contribution in [3.05, 3.63) is 28.3 Å². The fourth-order valence-electron chi connectivity index (χ4n) is 3.13. The standard InChI is InChI=1S/C15H23NO/c1-10-9-11(2)13(14(17)12(10)3)15(16)7-5-4-6-8-15/h9,17H,4-8,16H2,1-3H3. The van der Waals surface area contributed by atoms with Crippen molar-refractivity contribution in [2.24, 2.45) is 5.73 Å². The van der Waals surface area contributed by atoms with Crippen molar-refractivity contribution in [3.63, 3.8) is 0 Å². The molecule has 2 nitrogen and oxygen atoms in total. The molecule has 0 aromatic heterocycles. The Bertz CT molecular complexity index is 431. The Morgan fingerprint density at radius 1 is 1.06 bits per heavy atom. The SMILES string of the molecule is Cc1cc(C)c(C2(N)CCCCC2)c(O)c1C. The zero-order valence-corrected chi connectivity index (χ0v) is 11.1. The van der Waals surface area contributed by atoms with Crippen molar-refractivity contribution >= 4 is 0 Å². The van der Waals surface area contributed by atoms with Gasteiger partial charge in [0.15, 0.2) is 0 Å². The third-order valence-electron chi connectivity index (χ3n) is 4.25. The summed E-state index contributed by atoms with van der Waals surface area (Å²) in [6.07, 6.45) is 5.59. The first-order valence-corrected chi connectivity index (χ1v) is 6.55. The molecule has 0 saturated heterocycles. The molecule has 0 unspecified atom stereocenters. The van der Waals surface area contributed by atoms with E-state index in [1.807, 2.05) is 13.8 Å². The van der Waals surface area contributed by atoms with Gasteiger partial charge in [-0.05, 0) is 50.3 Å². The summed E-state index contributed by atoms with van der Waals surface area (Å²) in [5.74, 6) is 0.423. The molecule has 3 N–H and O–H groups in total. The van der Waals surface area contributed by atoms with Crippen molar-refractivity contribution in [2.75, 3.05) is 0 Å². The van der Waals surface area contributed by atoms with Crippen LogP contribution in [-0.2, 0) is 5.54 Å². The van der Waals surface area contributed by atoms with Crippen molar-refractivity contribution in [1.29, 1.82) is 0 Å². The average Bonchev–Trinajstić information content (AvgIpc) is 2.26. The van der Waals surface area contributed by atoms with Gasteiger partial charge in [0, 0.05) is 11.1 Å². The molecule has 0 aliphatic heterocycles. The molecule has 2 rings (SSSR count). The maximum atomic E-state index is 10.4. The van der Waals surface area contributed by atoms with Gasteiger partial charge in [-0.15, -0.1) is 0 Å². The van der Waals surface area contributed by atoms with Crippen LogP contribution < -0.4 is 5.73 Å². The molecule has 1 aromatic rings. The molecule has 1 aliphatic rings. The van der Waals surface area contributed by atoms with E-state index in [1.165, 1.54) is 19.3 Å². The summed E-state index contributed by atoms with van der Waals surface area (Å²) in [4.78, 5) is 0. The molecule has 2 heteroatoms. The van der Waals surface area contributed by atoms with E-state index in [2.05, 4.69) is 13.0 Å². The second-order valence-electron chi connectivity index (χ2n) is 5.58. The largest absolute Gasteiger partial charge is 0.507 e. The summed E-state index contributed by atoms with van der Waals surface area (Å²) in [6.45, 7) is 6.07. The average molecular weight is 233 g/mol. The maximum Gasteiger partial charge on any atom is 0.124 e. The number of phenols is 1. The van der Waals surface area contributed by atoms with Crippen LogP contribution in [0.5, 0.6) is 5.75 Å². The van der Waals surface area contributed by atoms with Gasteiger partial charge in [0.2, 0.25) is 0 Å². The van der Waals surface area contributed by atoms with Gasteiger partial charge in [-0.25, -0.2) is 0 Å². The smallest absolute Gasteiger partial charge is 0.124 e. The van der Waals surface area contributed by atoms with Gasteiger partial charge in [-0.1, -0.05) is 25.3 Å². The Labute approximate surface area is 104 Å². The summed E-state index contributed by atoms with van der Waals surface area (Å²) in [7, 11) is 0. The molecule has 0 atom stereocenters. The lowest BCUT2D eigenvalue weighted by Crippen LogP contribution is -2.39. The molecule has 1 aromatic carbocycles.